The van der Waals surface area contributed by atoms with Crippen molar-refractivity contribution in [1.82, 2.24) is 10.6 Å². The molecule has 128 valence electrons. The summed E-state index contributed by atoms with van der Waals surface area (Å²) in [7, 11) is -0.877. The van der Waals surface area contributed by atoms with Crippen LogP contribution in [0.3, 0.4) is 0 Å². The van der Waals surface area contributed by atoms with Crippen molar-refractivity contribution in [3.05, 3.63) is 29.8 Å². The topological polar surface area (TPSA) is 61.4 Å². The van der Waals surface area contributed by atoms with E-state index in [1.54, 1.807) is 6.26 Å². The number of hydrogen-bond acceptors (Lipinski definition) is 3. The number of nitrogens with zero attached hydrogens (tertiary/aromatic N) is 1. The van der Waals surface area contributed by atoms with Gasteiger partial charge in [-0.15, -0.1) is 0 Å². The molecule has 1 heterocycles. The molecule has 1 aromatic carbocycles. The lowest BCUT2D eigenvalue weighted by atomic mass is 9.99. The van der Waals surface area contributed by atoms with E-state index < -0.39 is 10.8 Å². The fourth-order valence-electron chi connectivity index (χ4n) is 2.64. The van der Waals surface area contributed by atoms with Gasteiger partial charge in [-0.3, -0.25) is 4.21 Å². The maximum atomic E-state index is 11.6. The van der Waals surface area contributed by atoms with Crippen LogP contribution in [0.1, 0.15) is 25.3 Å². The molecule has 1 atom stereocenters. The maximum absolute atomic E-state index is 11.6. The second kappa shape index (κ2) is 8.91. The average Bonchev–Trinajstić information content (AvgIpc) is 2.54. The van der Waals surface area contributed by atoms with Crippen molar-refractivity contribution in [2.75, 3.05) is 36.5 Å². The van der Waals surface area contributed by atoms with Crippen molar-refractivity contribution in [2.45, 2.75) is 26.3 Å². The monoisotopic (exact) mass is 337 g/mol. The summed E-state index contributed by atoms with van der Waals surface area (Å²) in [5.74, 6) is 1.31. The summed E-state index contributed by atoms with van der Waals surface area (Å²) in [4.78, 5) is 14.0. The Morgan fingerprint density at radius 1 is 1.22 bits per heavy atom. The molecule has 0 bridgehead atoms. The Balaban J connectivity index is 1.74. The van der Waals surface area contributed by atoms with Gasteiger partial charge in [-0.1, -0.05) is 19.1 Å². The molecule has 2 N–H and O–H groups in total. The summed E-state index contributed by atoms with van der Waals surface area (Å²) in [6.45, 7) is 5.49. The molecular formula is C17H27N3O2S. The first kappa shape index (κ1) is 17.8. The third kappa shape index (κ3) is 6.22. The van der Waals surface area contributed by atoms with Gasteiger partial charge in [-0.25, -0.2) is 4.79 Å². The number of carbonyl (C=O) groups excluding carboxylic acids is 1. The molecule has 6 heteroatoms. The number of benzene rings is 1. The smallest absolute Gasteiger partial charge is 0.315 e. The van der Waals surface area contributed by atoms with Crippen LogP contribution in [0.5, 0.6) is 0 Å². The van der Waals surface area contributed by atoms with Crippen LogP contribution >= 0.6 is 0 Å². The number of anilines is 1. The second-order valence-corrected chi connectivity index (χ2v) is 7.78. The van der Waals surface area contributed by atoms with Crippen LogP contribution in [0, 0.1) is 5.92 Å². The lowest BCUT2D eigenvalue weighted by Gasteiger charge is -2.32. The van der Waals surface area contributed by atoms with Gasteiger partial charge in [0, 0.05) is 54.7 Å². The standard InChI is InChI=1S/C17H27N3O2S/c1-14-7-10-20(11-8-14)16-5-3-15(4-6-16)13-19-17(21)18-9-12-23(2)22/h3-6,14H,7-13H2,1-2H3,(H2,18,19,21)/t23-/m0/s1. The fraction of sp³-hybridized carbons (Fsp3) is 0.588. The first-order valence-electron chi connectivity index (χ1n) is 8.20. The largest absolute Gasteiger partial charge is 0.372 e. The zero-order chi connectivity index (χ0) is 16.7. The van der Waals surface area contributed by atoms with E-state index in [-0.39, 0.29) is 6.03 Å². The summed E-state index contributed by atoms with van der Waals surface area (Å²) < 4.78 is 10.9. The Hall–Kier alpha value is -1.56. The maximum Gasteiger partial charge on any atom is 0.315 e. The van der Waals surface area contributed by atoms with E-state index in [2.05, 4.69) is 46.7 Å². The number of piperidine rings is 1. The van der Waals surface area contributed by atoms with Crippen molar-refractivity contribution in [3.8, 4) is 0 Å². The summed E-state index contributed by atoms with van der Waals surface area (Å²) in [5.41, 5.74) is 2.34. The van der Waals surface area contributed by atoms with E-state index >= 15 is 0 Å². The molecule has 2 amide bonds. The predicted molar refractivity (Wildman–Crippen MR) is 96.2 cm³/mol. The third-order valence-corrected chi connectivity index (χ3v) is 4.99. The highest BCUT2D eigenvalue weighted by Gasteiger charge is 2.15. The van der Waals surface area contributed by atoms with Gasteiger partial charge in [0.15, 0.2) is 0 Å². The van der Waals surface area contributed by atoms with Crippen LogP contribution in [-0.4, -0.2) is 41.9 Å². The van der Waals surface area contributed by atoms with Gasteiger partial charge < -0.3 is 15.5 Å². The SMILES string of the molecule is CC1CCN(c2ccc(CNC(=O)NCC[S@](C)=O)cc2)CC1. The quantitative estimate of drug-likeness (QED) is 0.836. The molecule has 1 aliphatic heterocycles. The predicted octanol–water partition coefficient (Wildman–Crippen LogP) is 2.10. The minimum Gasteiger partial charge on any atom is -0.372 e. The molecule has 0 aromatic heterocycles. The van der Waals surface area contributed by atoms with E-state index in [1.165, 1.54) is 18.5 Å². The van der Waals surface area contributed by atoms with Crippen molar-refractivity contribution in [1.29, 1.82) is 0 Å². The molecule has 0 saturated carbocycles. The summed E-state index contributed by atoms with van der Waals surface area (Å²) in [6.07, 6.45) is 4.14. The average molecular weight is 337 g/mol. The van der Waals surface area contributed by atoms with Gasteiger partial charge >= 0.3 is 6.03 Å². The van der Waals surface area contributed by atoms with E-state index in [0.29, 0.717) is 18.8 Å². The van der Waals surface area contributed by atoms with Crippen molar-refractivity contribution in [3.63, 3.8) is 0 Å². The number of amides is 2. The molecule has 0 aliphatic carbocycles. The molecule has 23 heavy (non-hydrogen) atoms. The van der Waals surface area contributed by atoms with Crippen LogP contribution in [0.25, 0.3) is 0 Å². The van der Waals surface area contributed by atoms with E-state index in [1.807, 2.05) is 0 Å². The first-order chi connectivity index (χ1) is 11.0. The molecular weight excluding hydrogens is 310 g/mol. The van der Waals surface area contributed by atoms with Crippen LogP contribution < -0.4 is 15.5 Å². The number of carbonyl (C=O) groups is 1. The summed E-state index contributed by atoms with van der Waals surface area (Å²) in [5, 5.41) is 5.51. The van der Waals surface area contributed by atoms with Gasteiger partial charge in [0.2, 0.25) is 0 Å². The highest BCUT2D eigenvalue weighted by atomic mass is 32.2. The lowest BCUT2D eigenvalue weighted by Crippen LogP contribution is -2.37. The molecule has 1 fully saturated rings. The van der Waals surface area contributed by atoms with Crippen LogP contribution in [0.2, 0.25) is 0 Å². The molecule has 1 aromatic rings. The fourth-order valence-corrected chi connectivity index (χ4v) is 3.03. The molecule has 0 radical (unpaired) electrons. The minimum atomic E-state index is -0.877. The third-order valence-electron chi connectivity index (χ3n) is 4.21. The first-order valence-corrected chi connectivity index (χ1v) is 9.93. The minimum absolute atomic E-state index is 0.218. The summed E-state index contributed by atoms with van der Waals surface area (Å²) in [6, 6.07) is 8.17. The van der Waals surface area contributed by atoms with Crippen molar-refractivity contribution in [2.24, 2.45) is 5.92 Å². The van der Waals surface area contributed by atoms with Crippen LogP contribution in [0.4, 0.5) is 10.5 Å². The molecule has 1 saturated heterocycles. The van der Waals surface area contributed by atoms with E-state index in [9.17, 15) is 9.00 Å². The second-order valence-electron chi connectivity index (χ2n) is 6.22. The molecule has 0 spiro atoms. The zero-order valence-electron chi connectivity index (χ0n) is 14.0. The van der Waals surface area contributed by atoms with Gasteiger partial charge in [0.25, 0.3) is 0 Å². The van der Waals surface area contributed by atoms with Gasteiger partial charge in [-0.2, -0.15) is 0 Å². The highest BCUT2D eigenvalue weighted by Crippen LogP contribution is 2.23. The Bertz CT molecular complexity index is 525. The van der Waals surface area contributed by atoms with Gasteiger partial charge in [0.1, 0.15) is 0 Å². The highest BCUT2D eigenvalue weighted by molar-refractivity contribution is 7.84. The number of nitrogens with one attached hydrogen (secondary N) is 2. The molecule has 5 nitrogen and oxygen atoms in total. The van der Waals surface area contributed by atoms with E-state index in [4.69, 9.17) is 0 Å². The Labute approximate surface area is 141 Å². The Kier molecular flexibility index (Phi) is 6.89. The van der Waals surface area contributed by atoms with Gasteiger partial charge in [0.05, 0.1) is 0 Å². The Morgan fingerprint density at radius 2 is 1.87 bits per heavy atom. The molecule has 2 rings (SSSR count). The normalized spacial score (nSPS) is 16.9. The zero-order valence-corrected chi connectivity index (χ0v) is 14.8. The van der Waals surface area contributed by atoms with Crippen molar-refractivity contribution >= 4 is 22.5 Å². The molecule has 0 unspecified atom stereocenters. The van der Waals surface area contributed by atoms with E-state index in [0.717, 1.165) is 24.6 Å². The summed E-state index contributed by atoms with van der Waals surface area (Å²) >= 11 is 0. The number of rotatable bonds is 6. The van der Waals surface area contributed by atoms with Crippen LogP contribution in [0.15, 0.2) is 24.3 Å². The molecule has 1 aliphatic rings. The Morgan fingerprint density at radius 3 is 2.48 bits per heavy atom. The van der Waals surface area contributed by atoms with Crippen molar-refractivity contribution < 1.29 is 9.00 Å². The van der Waals surface area contributed by atoms with Crippen LogP contribution in [-0.2, 0) is 17.3 Å². The number of hydrogen-bond donors (Lipinski definition) is 2. The number of urea groups is 1. The lowest BCUT2D eigenvalue weighted by molar-refractivity contribution is 0.241. The van der Waals surface area contributed by atoms with Gasteiger partial charge in [-0.05, 0) is 36.5 Å².